The molecule has 1 nitrogen and oxygen atoms in total. The van der Waals surface area contributed by atoms with Crippen molar-refractivity contribution in [3.8, 4) is 0 Å². The Balaban J connectivity index is 2.78. The average Bonchev–Trinajstić information content (AvgIpc) is 2.05. The Bertz CT molecular complexity index is 221. The third kappa shape index (κ3) is 2.33. The fourth-order valence-corrected chi connectivity index (χ4v) is 1.31. The Morgan fingerprint density at radius 1 is 1.42 bits per heavy atom. The van der Waals surface area contributed by atoms with Crippen LogP contribution in [0.4, 0.5) is 0 Å². The van der Waals surface area contributed by atoms with Crippen molar-refractivity contribution in [1.29, 1.82) is 0 Å². The van der Waals surface area contributed by atoms with Crippen LogP contribution < -0.4 is 0 Å². The number of aliphatic imine (C=N–C) groups is 1. The highest BCUT2D eigenvalue weighted by Gasteiger charge is 2.16. The summed E-state index contributed by atoms with van der Waals surface area (Å²) in [6, 6.07) is 0. The maximum Gasteiger partial charge on any atom is 0.0939 e. The molecule has 1 aliphatic rings. The molecule has 0 unspecified atom stereocenters. The monoisotopic (exact) mass is 163 g/mol. The van der Waals surface area contributed by atoms with Crippen LogP contribution in [0, 0.1) is 0 Å². The summed E-state index contributed by atoms with van der Waals surface area (Å²) < 4.78 is 0. The van der Waals surface area contributed by atoms with Gasteiger partial charge in [0.25, 0.3) is 0 Å². The van der Waals surface area contributed by atoms with E-state index >= 15 is 0 Å². The molecule has 0 fully saturated rings. The lowest BCUT2D eigenvalue weighted by Crippen LogP contribution is -2.18. The molecule has 0 aromatic heterocycles. The lowest BCUT2D eigenvalue weighted by atomic mass is 9.97. The van der Waals surface area contributed by atoms with E-state index in [1.54, 1.807) is 0 Å². The number of allylic oxidation sites excluding steroid dienone is 2. The first-order valence-electron chi connectivity index (χ1n) is 4.57. The zero-order valence-electron chi connectivity index (χ0n) is 8.17. The summed E-state index contributed by atoms with van der Waals surface area (Å²) in [6.45, 7) is 6.36. The fourth-order valence-electron chi connectivity index (χ4n) is 1.31. The summed E-state index contributed by atoms with van der Waals surface area (Å²) in [4.78, 5) is 4.63. The van der Waals surface area contributed by atoms with E-state index in [4.69, 9.17) is 0 Å². The molecule has 0 aromatic rings. The summed E-state index contributed by atoms with van der Waals surface area (Å²) in [5.74, 6) is 0. The van der Waals surface area contributed by atoms with Gasteiger partial charge >= 0.3 is 0 Å². The second-order valence-corrected chi connectivity index (χ2v) is 3.47. The van der Waals surface area contributed by atoms with E-state index in [1.165, 1.54) is 5.71 Å². The minimum Gasteiger partial charge on any atom is -0.280 e. The van der Waals surface area contributed by atoms with Crippen molar-refractivity contribution in [2.75, 3.05) is 0 Å². The van der Waals surface area contributed by atoms with Gasteiger partial charge in [-0.05, 0) is 26.7 Å². The van der Waals surface area contributed by atoms with Gasteiger partial charge in [0.15, 0.2) is 0 Å². The van der Waals surface area contributed by atoms with Crippen molar-refractivity contribution in [3.05, 3.63) is 24.3 Å². The van der Waals surface area contributed by atoms with Gasteiger partial charge in [-0.1, -0.05) is 31.2 Å². The van der Waals surface area contributed by atoms with Crippen LogP contribution in [0.3, 0.4) is 0 Å². The van der Waals surface area contributed by atoms with Crippen LogP contribution in [0.25, 0.3) is 0 Å². The molecule has 0 bridgehead atoms. The molecule has 0 heterocycles. The predicted molar refractivity (Wildman–Crippen MR) is 54.7 cm³/mol. The molecule has 0 aliphatic heterocycles. The highest BCUT2D eigenvalue weighted by atomic mass is 14.8. The summed E-state index contributed by atoms with van der Waals surface area (Å²) in [7, 11) is 0. The Labute approximate surface area is 74.9 Å². The van der Waals surface area contributed by atoms with E-state index < -0.39 is 0 Å². The summed E-state index contributed by atoms with van der Waals surface area (Å²) in [5.41, 5.74) is 1.15. The number of nitrogens with zero attached hydrogens (tertiary/aromatic N) is 1. The second-order valence-electron chi connectivity index (χ2n) is 3.47. The van der Waals surface area contributed by atoms with Gasteiger partial charge in [-0.2, -0.15) is 0 Å². The smallest absolute Gasteiger partial charge is 0.0939 e. The van der Waals surface area contributed by atoms with Crippen molar-refractivity contribution >= 4 is 5.71 Å². The summed E-state index contributed by atoms with van der Waals surface area (Å²) >= 11 is 0. The molecule has 0 saturated carbocycles. The van der Waals surface area contributed by atoms with Crippen LogP contribution in [0.2, 0.25) is 0 Å². The van der Waals surface area contributed by atoms with Crippen LogP contribution in [-0.4, -0.2) is 11.3 Å². The van der Waals surface area contributed by atoms with Crippen LogP contribution in [0.1, 0.15) is 33.6 Å². The van der Waals surface area contributed by atoms with Crippen LogP contribution in [0.5, 0.6) is 0 Å². The maximum atomic E-state index is 4.63. The maximum absolute atomic E-state index is 4.63. The van der Waals surface area contributed by atoms with Gasteiger partial charge in [0.1, 0.15) is 0 Å². The molecular weight excluding hydrogens is 146 g/mol. The van der Waals surface area contributed by atoms with E-state index in [1.807, 2.05) is 0 Å². The van der Waals surface area contributed by atoms with Crippen molar-refractivity contribution < 1.29 is 0 Å². The molecule has 1 rings (SSSR count). The predicted octanol–water partition coefficient (Wildman–Crippen LogP) is 3.13. The minimum atomic E-state index is -0.0711. The van der Waals surface area contributed by atoms with Gasteiger partial charge in [-0.15, -0.1) is 0 Å². The zero-order valence-corrected chi connectivity index (χ0v) is 8.17. The normalized spacial score (nSPS) is 21.4. The van der Waals surface area contributed by atoms with Crippen molar-refractivity contribution in [2.45, 2.75) is 39.2 Å². The Hall–Kier alpha value is -0.850. The highest BCUT2D eigenvalue weighted by Crippen LogP contribution is 2.19. The van der Waals surface area contributed by atoms with Gasteiger partial charge in [-0.3, -0.25) is 4.99 Å². The molecule has 0 aromatic carbocycles. The van der Waals surface area contributed by atoms with Gasteiger partial charge in [-0.25, -0.2) is 0 Å². The molecule has 0 atom stereocenters. The molecule has 0 saturated heterocycles. The Kier molecular flexibility index (Phi) is 2.85. The van der Waals surface area contributed by atoms with E-state index in [0.29, 0.717) is 0 Å². The minimum absolute atomic E-state index is 0.0711. The summed E-state index contributed by atoms with van der Waals surface area (Å²) in [6.07, 6.45) is 10.8. The van der Waals surface area contributed by atoms with Crippen LogP contribution in [0.15, 0.2) is 29.3 Å². The Morgan fingerprint density at radius 2 is 2.00 bits per heavy atom. The van der Waals surface area contributed by atoms with Gasteiger partial charge in [0, 0.05) is 5.71 Å². The number of rotatable bonds is 2. The molecule has 0 N–H and O–H groups in total. The van der Waals surface area contributed by atoms with Crippen molar-refractivity contribution in [3.63, 3.8) is 0 Å². The first-order valence-corrected chi connectivity index (χ1v) is 4.57. The first-order chi connectivity index (χ1) is 5.66. The standard InChI is InChI=1S/C11H17N/c1-4-10(2)12-11(3)8-6-5-7-9-11/h6-9H,4-5H2,1-3H3/b12-10-. The van der Waals surface area contributed by atoms with E-state index in [0.717, 1.165) is 12.8 Å². The molecule has 66 valence electrons. The average molecular weight is 163 g/mol. The highest BCUT2D eigenvalue weighted by molar-refractivity contribution is 5.82. The topological polar surface area (TPSA) is 12.4 Å². The summed E-state index contributed by atoms with van der Waals surface area (Å²) in [5, 5.41) is 0. The largest absolute Gasteiger partial charge is 0.280 e. The number of hydrogen-bond donors (Lipinski definition) is 0. The first kappa shape index (κ1) is 9.24. The van der Waals surface area contributed by atoms with E-state index in [9.17, 15) is 0 Å². The molecule has 12 heavy (non-hydrogen) atoms. The number of hydrogen-bond acceptors (Lipinski definition) is 1. The van der Waals surface area contributed by atoms with Gasteiger partial charge < -0.3 is 0 Å². The van der Waals surface area contributed by atoms with Gasteiger partial charge in [0.05, 0.1) is 5.54 Å². The molecule has 1 aliphatic carbocycles. The fraction of sp³-hybridized carbons (Fsp3) is 0.545. The quantitative estimate of drug-likeness (QED) is 0.438. The van der Waals surface area contributed by atoms with E-state index in [-0.39, 0.29) is 5.54 Å². The second kappa shape index (κ2) is 3.70. The Morgan fingerprint density at radius 3 is 2.50 bits per heavy atom. The molecule has 0 amide bonds. The molecule has 1 heteroatoms. The third-order valence-corrected chi connectivity index (χ3v) is 2.13. The SMILES string of the molecule is CC/C(C)=N\C1(C)C=CCC=C1. The molecule has 0 radical (unpaired) electrons. The third-order valence-electron chi connectivity index (χ3n) is 2.13. The van der Waals surface area contributed by atoms with Crippen molar-refractivity contribution in [2.24, 2.45) is 4.99 Å². The van der Waals surface area contributed by atoms with Crippen LogP contribution >= 0.6 is 0 Å². The molecule has 0 spiro atoms. The lowest BCUT2D eigenvalue weighted by Gasteiger charge is -2.20. The van der Waals surface area contributed by atoms with Crippen LogP contribution in [-0.2, 0) is 0 Å². The van der Waals surface area contributed by atoms with E-state index in [2.05, 4.69) is 50.1 Å². The lowest BCUT2D eigenvalue weighted by molar-refractivity contribution is 0.720. The van der Waals surface area contributed by atoms with Crippen molar-refractivity contribution in [1.82, 2.24) is 0 Å². The zero-order chi connectivity index (χ0) is 9.03. The molecular formula is C11H17N. The van der Waals surface area contributed by atoms with Gasteiger partial charge in [0.2, 0.25) is 0 Å².